The lowest BCUT2D eigenvalue weighted by Gasteiger charge is -2.11. The van der Waals surface area contributed by atoms with Crippen molar-refractivity contribution in [2.45, 2.75) is 77.2 Å². The highest BCUT2D eigenvalue weighted by atomic mass is 16.5. The van der Waals surface area contributed by atoms with Crippen molar-refractivity contribution in [3.05, 3.63) is 0 Å². The summed E-state index contributed by atoms with van der Waals surface area (Å²) < 4.78 is 5.33. The number of aliphatic carboxylic acids is 1. The molecule has 19 heavy (non-hydrogen) atoms. The summed E-state index contributed by atoms with van der Waals surface area (Å²) in [5.74, 6) is -0.761. The van der Waals surface area contributed by atoms with Crippen molar-refractivity contribution in [1.82, 2.24) is 0 Å². The predicted molar refractivity (Wildman–Crippen MR) is 76.3 cm³/mol. The quantitative estimate of drug-likeness (QED) is 0.477. The molecule has 0 aliphatic rings. The molecule has 114 valence electrons. The first-order valence-corrected chi connectivity index (χ1v) is 7.64. The molecule has 0 saturated carbocycles. The fourth-order valence-corrected chi connectivity index (χ4v) is 1.94. The van der Waals surface area contributed by atoms with Crippen LogP contribution in [0.5, 0.6) is 0 Å². The Morgan fingerprint density at radius 2 is 1.74 bits per heavy atom. The molecule has 0 saturated heterocycles. The highest BCUT2D eigenvalue weighted by Crippen LogP contribution is 2.09. The standard InChI is InChI=1S/C15H30O4/c1-2-3-4-5-6-7-10-14(16)13-19-12-9-8-11-15(17)18/h14,16H,2-13H2,1H3,(H,17,18). The van der Waals surface area contributed by atoms with Gasteiger partial charge in [0.25, 0.3) is 0 Å². The number of ether oxygens (including phenoxy) is 1. The van der Waals surface area contributed by atoms with Crippen LogP contribution in [0.25, 0.3) is 0 Å². The van der Waals surface area contributed by atoms with Crippen molar-refractivity contribution in [3.63, 3.8) is 0 Å². The van der Waals surface area contributed by atoms with E-state index < -0.39 is 5.97 Å². The third kappa shape index (κ3) is 15.3. The molecule has 1 unspecified atom stereocenters. The van der Waals surface area contributed by atoms with Crippen LogP contribution in [0.2, 0.25) is 0 Å². The monoisotopic (exact) mass is 274 g/mol. The largest absolute Gasteiger partial charge is 0.481 e. The molecule has 0 rings (SSSR count). The zero-order chi connectivity index (χ0) is 14.3. The topological polar surface area (TPSA) is 66.8 Å². The Balaban J connectivity index is 3.16. The van der Waals surface area contributed by atoms with Crippen molar-refractivity contribution in [1.29, 1.82) is 0 Å². The van der Waals surface area contributed by atoms with Crippen LogP contribution in [-0.2, 0) is 9.53 Å². The molecule has 0 heterocycles. The molecule has 0 radical (unpaired) electrons. The summed E-state index contributed by atoms with van der Waals surface area (Å²) in [6.07, 6.45) is 9.40. The molecule has 0 bridgehead atoms. The van der Waals surface area contributed by atoms with Gasteiger partial charge in [-0.05, 0) is 19.3 Å². The van der Waals surface area contributed by atoms with Crippen molar-refractivity contribution in [2.24, 2.45) is 0 Å². The van der Waals surface area contributed by atoms with Gasteiger partial charge >= 0.3 is 5.97 Å². The van der Waals surface area contributed by atoms with Crippen LogP contribution in [0.1, 0.15) is 71.1 Å². The van der Waals surface area contributed by atoms with Crippen molar-refractivity contribution < 1.29 is 19.7 Å². The minimum Gasteiger partial charge on any atom is -0.481 e. The third-order valence-corrected chi connectivity index (χ3v) is 3.13. The summed E-state index contributed by atoms with van der Waals surface area (Å²) >= 11 is 0. The van der Waals surface area contributed by atoms with Gasteiger partial charge in [0.2, 0.25) is 0 Å². The van der Waals surface area contributed by atoms with Gasteiger partial charge < -0.3 is 14.9 Å². The second-order valence-corrected chi connectivity index (χ2v) is 5.14. The molecule has 0 aromatic heterocycles. The Morgan fingerprint density at radius 1 is 1.05 bits per heavy atom. The maximum atomic E-state index is 10.3. The molecule has 0 aliphatic carbocycles. The van der Waals surface area contributed by atoms with Gasteiger partial charge in [-0.25, -0.2) is 0 Å². The molecule has 1 atom stereocenters. The lowest BCUT2D eigenvalue weighted by atomic mass is 10.1. The normalized spacial score (nSPS) is 12.5. The second-order valence-electron chi connectivity index (χ2n) is 5.14. The van der Waals surface area contributed by atoms with Crippen LogP contribution in [0.15, 0.2) is 0 Å². The number of carboxylic acid groups (broad SMARTS) is 1. The number of aliphatic hydroxyl groups is 1. The van der Waals surface area contributed by atoms with Crippen LogP contribution in [0, 0.1) is 0 Å². The summed E-state index contributed by atoms with van der Waals surface area (Å²) in [4.78, 5) is 10.3. The van der Waals surface area contributed by atoms with E-state index in [2.05, 4.69) is 6.92 Å². The molecule has 0 aromatic rings. The molecule has 0 aromatic carbocycles. The summed E-state index contributed by atoms with van der Waals surface area (Å²) in [5, 5.41) is 18.1. The molecule has 4 nitrogen and oxygen atoms in total. The van der Waals surface area contributed by atoms with Gasteiger partial charge in [0.15, 0.2) is 0 Å². The van der Waals surface area contributed by atoms with Crippen molar-refractivity contribution >= 4 is 5.97 Å². The SMILES string of the molecule is CCCCCCCCC(O)COCCCCC(=O)O. The van der Waals surface area contributed by atoms with Gasteiger partial charge in [-0.1, -0.05) is 45.4 Å². The van der Waals surface area contributed by atoms with E-state index in [0.29, 0.717) is 19.6 Å². The number of hydrogen-bond donors (Lipinski definition) is 2. The highest BCUT2D eigenvalue weighted by molar-refractivity contribution is 5.66. The lowest BCUT2D eigenvalue weighted by molar-refractivity contribution is -0.137. The fourth-order valence-electron chi connectivity index (χ4n) is 1.94. The molecule has 2 N–H and O–H groups in total. The Kier molecular flexibility index (Phi) is 13.4. The van der Waals surface area contributed by atoms with Gasteiger partial charge in [0, 0.05) is 13.0 Å². The summed E-state index contributed by atoms with van der Waals surface area (Å²) in [5.41, 5.74) is 0. The highest BCUT2D eigenvalue weighted by Gasteiger charge is 2.04. The molecule has 0 fully saturated rings. The van der Waals surface area contributed by atoms with Gasteiger partial charge in [0.05, 0.1) is 12.7 Å². The van der Waals surface area contributed by atoms with Crippen LogP contribution in [0.4, 0.5) is 0 Å². The Hall–Kier alpha value is -0.610. The minimum absolute atomic E-state index is 0.198. The number of aliphatic hydroxyl groups excluding tert-OH is 1. The third-order valence-electron chi connectivity index (χ3n) is 3.13. The van der Waals surface area contributed by atoms with E-state index >= 15 is 0 Å². The summed E-state index contributed by atoms with van der Waals surface area (Å²) in [7, 11) is 0. The minimum atomic E-state index is -0.761. The Bertz CT molecular complexity index is 206. The van der Waals surface area contributed by atoms with E-state index in [1.807, 2.05) is 0 Å². The van der Waals surface area contributed by atoms with Gasteiger partial charge in [-0.3, -0.25) is 4.79 Å². The molecule has 0 spiro atoms. The first kappa shape index (κ1) is 18.4. The van der Waals surface area contributed by atoms with E-state index in [1.54, 1.807) is 0 Å². The zero-order valence-corrected chi connectivity index (χ0v) is 12.3. The molecule has 0 aliphatic heterocycles. The maximum absolute atomic E-state index is 10.3. The van der Waals surface area contributed by atoms with Crippen LogP contribution in [-0.4, -0.2) is 35.5 Å². The van der Waals surface area contributed by atoms with Gasteiger partial charge in [0.1, 0.15) is 0 Å². The number of carboxylic acids is 1. The number of rotatable bonds is 14. The van der Waals surface area contributed by atoms with Gasteiger partial charge in [-0.2, -0.15) is 0 Å². The summed E-state index contributed by atoms with van der Waals surface area (Å²) in [6, 6.07) is 0. The molecule has 4 heteroatoms. The number of hydrogen-bond acceptors (Lipinski definition) is 3. The van der Waals surface area contributed by atoms with E-state index in [0.717, 1.165) is 19.3 Å². The van der Waals surface area contributed by atoms with E-state index in [-0.39, 0.29) is 12.5 Å². The van der Waals surface area contributed by atoms with Crippen LogP contribution in [0.3, 0.4) is 0 Å². The van der Waals surface area contributed by atoms with E-state index in [9.17, 15) is 9.90 Å². The Labute approximate surface area is 117 Å². The van der Waals surface area contributed by atoms with Gasteiger partial charge in [-0.15, -0.1) is 0 Å². The Morgan fingerprint density at radius 3 is 2.42 bits per heavy atom. The number of carbonyl (C=O) groups is 1. The predicted octanol–water partition coefficient (Wildman–Crippen LogP) is 3.37. The van der Waals surface area contributed by atoms with E-state index in [1.165, 1.54) is 32.1 Å². The average Bonchev–Trinajstić information content (AvgIpc) is 2.37. The lowest BCUT2D eigenvalue weighted by Crippen LogP contribution is -2.15. The van der Waals surface area contributed by atoms with Crippen molar-refractivity contribution in [2.75, 3.05) is 13.2 Å². The van der Waals surface area contributed by atoms with Crippen LogP contribution >= 0.6 is 0 Å². The molecular weight excluding hydrogens is 244 g/mol. The fraction of sp³-hybridized carbons (Fsp3) is 0.933. The first-order valence-electron chi connectivity index (χ1n) is 7.64. The van der Waals surface area contributed by atoms with Crippen LogP contribution < -0.4 is 0 Å². The summed E-state index contributed by atoms with van der Waals surface area (Å²) in [6.45, 7) is 3.13. The molecule has 0 amide bonds. The van der Waals surface area contributed by atoms with E-state index in [4.69, 9.17) is 9.84 Å². The average molecular weight is 274 g/mol. The molecular formula is C15H30O4. The maximum Gasteiger partial charge on any atom is 0.303 e. The zero-order valence-electron chi connectivity index (χ0n) is 12.3. The van der Waals surface area contributed by atoms with Crippen molar-refractivity contribution in [3.8, 4) is 0 Å². The smallest absolute Gasteiger partial charge is 0.303 e. The number of unbranched alkanes of at least 4 members (excludes halogenated alkanes) is 6. The second kappa shape index (κ2) is 13.8. The first-order chi connectivity index (χ1) is 9.16.